The number of fused-ring (bicyclic) bond motifs is 1. The number of ether oxygens (including phenoxy) is 1. The maximum Gasteiger partial charge on any atom is 0.355 e. The first-order valence-corrected chi connectivity index (χ1v) is 7.48. The predicted octanol–water partition coefficient (Wildman–Crippen LogP) is 2.81. The Morgan fingerprint density at radius 1 is 1.36 bits per heavy atom. The molecule has 2 heterocycles. The molecule has 25 heavy (non-hydrogen) atoms. The molecule has 0 aliphatic heterocycles. The summed E-state index contributed by atoms with van der Waals surface area (Å²) in [6.07, 6.45) is 6.43. The Hall–Kier alpha value is -3.00. The zero-order valence-electron chi connectivity index (χ0n) is 12.3. The molecule has 0 unspecified atom stereocenters. The van der Waals surface area contributed by atoms with Gasteiger partial charge in [-0.1, -0.05) is 29.1 Å². The van der Waals surface area contributed by atoms with Gasteiger partial charge in [0.25, 0.3) is 0 Å². The number of nitriles is 1. The van der Waals surface area contributed by atoms with Crippen LogP contribution in [0.3, 0.4) is 0 Å². The molecule has 0 aliphatic rings. The third kappa shape index (κ3) is 2.91. The Kier molecular flexibility index (Phi) is 4.37. The molecule has 0 saturated heterocycles. The lowest BCUT2D eigenvalue weighted by Crippen LogP contribution is -2.20. The highest BCUT2D eigenvalue weighted by Gasteiger charge is 2.18. The largest absolute Gasteiger partial charge is 0.479 e. The molecule has 0 atom stereocenters. The summed E-state index contributed by atoms with van der Waals surface area (Å²) in [6.45, 7) is -0.124. The van der Waals surface area contributed by atoms with Crippen molar-refractivity contribution in [3.8, 4) is 29.8 Å². The summed E-state index contributed by atoms with van der Waals surface area (Å²) in [7, 11) is 0. The van der Waals surface area contributed by atoms with Crippen molar-refractivity contribution < 1.29 is 9.13 Å². The van der Waals surface area contributed by atoms with E-state index in [4.69, 9.17) is 39.6 Å². The van der Waals surface area contributed by atoms with Crippen LogP contribution in [0.15, 0.2) is 29.2 Å². The lowest BCUT2D eigenvalue weighted by Gasteiger charge is -2.08. The van der Waals surface area contributed by atoms with Crippen molar-refractivity contribution >= 4 is 28.8 Å². The molecule has 0 bridgehead atoms. The number of benzene rings is 1. The number of rotatable bonds is 3. The molecular formula is C16H7Cl2FN4O2. The van der Waals surface area contributed by atoms with Crippen molar-refractivity contribution in [2.45, 2.75) is 0 Å². The van der Waals surface area contributed by atoms with E-state index in [0.717, 1.165) is 15.1 Å². The maximum absolute atomic E-state index is 14.4. The van der Waals surface area contributed by atoms with E-state index in [1.807, 2.05) is 0 Å². The lowest BCUT2D eigenvalue weighted by molar-refractivity contribution is 0.368. The van der Waals surface area contributed by atoms with Crippen LogP contribution in [0.4, 0.5) is 4.39 Å². The second kappa shape index (κ2) is 6.48. The van der Waals surface area contributed by atoms with Gasteiger partial charge >= 0.3 is 5.69 Å². The molecule has 0 aliphatic carbocycles. The molecule has 1 aromatic carbocycles. The Bertz CT molecular complexity index is 1140. The number of nitrogens with zero attached hydrogens (tertiary/aromatic N) is 4. The molecular weight excluding hydrogens is 370 g/mol. The van der Waals surface area contributed by atoms with Gasteiger partial charge in [0.05, 0.1) is 15.6 Å². The zero-order chi connectivity index (χ0) is 18.1. The van der Waals surface area contributed by atoms with Crippen molar-refractivity contribution in [1.82, 2.24) is 14.2 Å². The highest BCUT2D eigenvalue weighted by Crippen LogP contribution is 2.25. The molecule has 9 heteroatoms. The molecule has 0 spiro atoms. The van der Waals surface area contributed by atoms with Crippen LogP contribution in [0.5, 0.6) is 5.75 Å². The summed E-state index contributed by atoms with van der Waals surface area (Å²) < 4.78 is 21.5. The first-order valence-electron chi connectivity index (χ1n) is 6.73. The van der Waals surface area contributed by atoms with E-state index in [1.165, 1.54) is 18.3 Å². The van der Waals surface area contributed by atoms with Gasteiger partial charge in [0.2, 0.25) is 0 Å². The second-order valence-corrected chi connectivity index (χ2v) is 5.64. The van der Waals surface area contributed by atoms with Crippen LogP contribution in [0, 0.1) is 29.5 Å². The molecule has 3 rings (SSSR count). The first-order chi connectivity index (χ1) is 12.0. The topological polar surface area (TPSA) is 72.3 Å². The number of terminal acetylenes is 1. The van der Waals surface area contributed by atoms with Crippen molar-refractivity contribution in [2.24, 2.45) is 0 Å². The van der Waals surface area contributed by atoms with Crippen LogP contribution in [0.1, 0.15) is 5.56 Å². The van der Waals surface area contributed by atoms with Gasteiger partial charge in [-0.05, 0) is 12.1 Å². The van der Waals surface area contributed by atoms with Crippen molar-refractivity contribution in [3.05, 3.63) is 56.3 Å². The minimum atomic E-state index is -0.836. The second-order valence-electron chi connectivity index (χ2n) is 4.80. The molecule has 0 N–H and O–H groups in total. The van der Waals surface area contributed by atoms with Gasteiger partial charge in [-0.25, -0.2) is 13.6 Å². The van der Waals surface area contributed by atoms with E-state index in [9.17, 15) is 9.18 Å². The normalized spacial score (nSPS) is 10.4. The van der Waals surface area contributed by atoms with Gasteiger partial charge in [0, 0.05) is 12.3 Å². The number of hydrogen-bond donors (Lipinski definition) is 0. The van der Waals surface area contributed by atoms with Gasteiger partial charge in [-0.3, -0.25) is 0 Å². The van der Waals surface area contributed by atoms with Gasteiger partial charge < -0.3 is 4.74 Å². The summed E-state index contributed by atoms with van der Waals surface area (Å²) >= 11 is 11.9. The fourth-order valence-electron chi connectivity index (χ4n) is 2.19. The van der Waals surface area contributed by atoms with Crippen molar-refractivity contribution in [3.63, 3.8) is 0 Å². The van der Waals surface area contributed by atoms with Crippen LogP contribution in [0.2, 0.25) is 10.0 Å². The minimum Gasteiger partial charge on any atom is -0.479 e. The quantitative estimate of drug-likeness (QED) is 0.658. The molecule has 3 aromatic rings. The fourth-order valence-corrected chi connectivity index (χ4v) is 2.70. The average molecular weight is 377 g/mol. The zero-order valence-corrected chi connectivity index (χ0v) is 13.8. The number of aromatic nitrogens is 3. The fraction of sp³-hybridized carbons (Fsp3) is 0.0625. The average Bonchev–Trinajstić information content (AvgIpc) is 2.90. The SMILES string of the molecule is C#CCOc1cc(-n2nc3c(Cl)cc(Cl)cn3c2=O)c(F)cc1C#N. The predicted molar refractivity (Wildman–Crippen MR) is 89.8 cm³/mol. The molecule has 0 radical (unpaired) electrons. The van der Waals surface area contributed by atoms with E-state index < -0.39 is 11.5 Å². The molecule has 6 nitrogen and oxygen atoms in total. The van der Waals surface area contributed by atoms with E-state index in [0.29, 0.717) is 0 Å². The summed E-state index contributed by atoms with van der Waals surface area (Å²) in [5.41, 5.74) is -0.863. The molecule has 0 saturated carbocycles. The van der Waals surface area contributed by atoms with Crippen LogP contribution < -0.4 is 10.4 Å². The standard InChI is InChI=1S/C16H7Cl2FN4O2/c1-2-3-25-14-6-13(12(19)4-9(14)7-20)23-16(24)22-8-10(17)5-11(18)15(22)21-23/h1,4-6,8H,3H2. The highest BCUT2D eigenvalue weighted by atomic mass is 35.5. The Morgan fingerprint density at radius 2 is 2.12 bits per heavy atom. The van der Waals surface area contributed by atoms with Crippen molar-refractivity contribution in [2.75, 3.05) is 6.61 Å². The maximum atomic E-state index is 14.4. The van der Waals surface area contributed by atoms with Gasteiger partial charge in [0.15, 0.2) is 11.5 Å². The molecule has 0 fully saturated rings. The van der Waals surface area contributed by atoms with E-state index in [2.05, 4.69) is 11.0 Å². The molecule has 2 aromatic heterocycles. The lowest BCUT2D eigenvalue weighted by atomic mass is 10.2. The smallest absolute Gasteiger partial charge is 0.355 e. The monoisotopic (exact) mass is 376 g/mol. The van der Waals surface area contributed by atoms with Gasteiger partial charge in [-0.2, -0.15) is 9.94 Å². The minimum absolute atomic E-state index is 0.0323. The van der Waals surface area contributed by atoms with Gasteiger partial charge in [0.1, 0.15) is 24.1 Å². The third-order valence-electron chi connectivity index (χ3n) is 3.25. The summed E-state index contributed by atoms with van der Waals surface area (Å²) in [5, 5.41) is 13.4. The van der Waals surface area contributed by atoms with Crippen LogP contribution in [0.25, 0.3) is 11.3 Å². The molecule has 124 valence electrons. The summed E-state index contributed by atoms with van der Waals surface area (Å²) in [6, 6.07) is 5.32. The van der Waals surface area contributed by atoms with E-state index in [1.54, 1.807) is 6.07 Å². The van der Waals surface area contributed by atoms with Crippen LogP contribution in [-0.4, -0.2) is 20.8 Å². The first kappa shape index (κ1) is 16.8. The number of halogens is 3. The van der Waals surface area contributed by atoms with Crippen LogP contribution in [-0.2, 0) is 0 Å². The van der Waals surface area contributed by atoms with Crippen molar-refractivity contribution in [1.29, 1.82) is 5.26 Å². The van der Waals surface area contributed by atoms with E-state index >= 15 is 0 Å². The third-order valence-corrected chi connectivity index (χ3v) is 3.73. The van der Waals surface area contributed by atoms with Gasteiger partial charge in [-0.15, -0.1) is 11.5 Å². The summed E-state index contributed by atoms with van der Waals surface area (Å²) in [5.74, 6) is 1.44. The Balaban J connectivity index is 2.27. The Labute approximate surface area is 150 Å². The number of hydrogen-bond acceptors (Lipinski definition) is 4. The molecule has 0 amide bonds. The summed E-state index contributed by atoms with van der Waals surface area (Å²) in [4.78, 5) is 12.5. The van der Waals surface area contributed by atoms with E-state index in [-0.39, 0.29) is 39.3 Å². The van der Waals surface area contributed by atoms with Crippen LogP contribution >= 0.6 is 23.2 Å². The highest BCUT2D eigenvalue weighted by molar-refractivity contribution is 6.36. The number of pyridine rings is 1. The Morgan fingerprint density at radius 3 is 2.80 bits per heavy atom.